The van der Waals surface area contributed by atoms with Crippen molar-refractivity contribution in [2.45, 2.75) is 20.5 Å². The van der Waals surface area contributed by atoms with Gasteiger partial charge in [0.05, 0.1) is 11.9 Å². The van der Waals surface area contributed by atoms with Gasteiger partial charge >= 0.3 is 0 Å². The quantitative estimate of drug-likeness (QED) is 0.598. The predicted molar refractivity (Wildman–Crippen MR) is 100.0 cm³/mol. The summed E-state index contributed by atoms with van der Waals surface area (Å²) in [4.78, 5) is 26.2. The molecule has 2 rings (SSSR count). The SMILES string of the molecule is CNC(=O)/C(=N/OC)c1cccc(C)c1CO/N=C(\C)c1cncc(F)c1. The number of rotatable bonds is 7. The number of likely N-dealkylation sites (N-methyl/N-ethyl adjacent to an activating group) is 1. The van der Waals surface area contributed by atoms with Crippen molar-refractivity contribution in [2.75, 3.05) is 14.2 Å². The average molecular weight is 372 g/mol. The van der Waals surface area contributed by atoms with Crippen LogP contribution in [-0.2, 0) is 21.1 Å². The lowest BCUT2D eigenvalue weighted by atomic mass is 9.98. The van der Waals surface area contributed by atoms with Gasteiger partial charge in [-0.1, -0.05) is 28.5 Å². The molecule has 0 aliphatic rings. The lowest BCUT2D eigenvalue weighted by Crippen LogP contribution is -2.29. The molecule has 0 unspecified atom stereocenters. The van der Waals surface area contributed by atoms with Crippen molar-refractivity contribution in [3.8, 4) is 0 Å². The maximum Gasteiger partial charge on any atom is 0.273 e. The van der Waals surface area contributed by atoms with Gasteiger partial charge in [0, 0.05) is 29.9 Å². The molecule has 0 radical (unpaired) electrons. The Morgan fingerprint density at radius 2 is 2.07 bits per heavy atom. The summed E-state index contributed by atoms with van der Waals surface area (Å²) in [5.74, 6) is -0.830. The third kappa shape index (κ3) is 5.10. The standard InChI is InChI=1S/C19H21FN4O3/c1-12-6-5-7-16(18(24-26-4)19(25)21-3)17(12)11-27-23-13(2)14-8-15(20)10-22-9-14/h5-10H,11H2,1-4H3,(H,21,25)/b23-13+,24-18+. The Hall–Kier alpha value is -3.29. The van der Waals surface area contributed by atoms with Gasteiger partial charge in [-0.25, -0.2) is 4.39 Å². The molecule has 1 N–H and O–H groups in total. The van der Waals surface area contributed by atoms with Crippen LogP contribution in [0.15, 0.2) is 47.0 Å². The van der Waals surface area contributed by atoms with Gasteiger partial charge in [-0.05, 0) is 25.5 Å². The largest absolute Gasteiger partial charge is 0.398 e. The number of benzene rings is 1. The van der Waals surface area contributed by atoms with Crippen molar-refractivity contribution in [1.82, 2.24) is 10.3 Å². The van der Waals surface area contributed by atoms with Crippen LogP contribution in [-0.4, -0.2) is 36.5 Å². The van der Waals surface area contributed by atoms with E-state index in [0.717, 1.165) is 17.3 Å². The van der Waals surface area contributed by atoms with Crippen LogP contribution in [0.4, 0.5) is 4.39 Å². The number of pyridine rings is 1. The van der Waals surface area contributed by atoms with Gasteiger partial charge in [-0.15, -0.1) is 0 Å². The summed E-state index contributed by atoms with van der Waals surface area (Å²) in [6, 6.07) is 6.79. The molecule has 0 aliphatic carbocycles. The van der Waals surface area contributed by atoms with E-state index in [1.807, 2.05) is 19.1 Å². The highest BCUT2D eigenvalue weighted by Gasteiger charge is 2.19. The Balaban J connectivity index is 2.27. The zero-order chi connectivity index (χ0) is 19.8. The van der Waals surface area contributed by atoms with Crippen LogP contribution < -0.4 is 5.32 Å². The van der Waals surface area contributed by atoms with Gasteiger partial charge in [0.15, 0.2) is 5.71 Å². The first-order valence-electron chi connectivity index (χ1n) is 8.17. The smallest absolute Gasteiger partial charge is 0.273 e. The molecule has 0 fully saturated rings. The molecule has 142 valence electrons. The van der Waals surface area contributed by atoms with E-state index in [1.54, 1.807) is 13.0 Å². The normalized spacial score (nSPS) is 11.9. The first-order valence-corrected chi connectivity index (χ1v) is 8.17. The predicted octanol–water partition coefficient (Wildman–Crippen LogP) is 2.57. The van der Waals surface area contributed by atoms with Crippen molar-refractivity contribution in [3.05, 3.63) is 64.7 Å². The first kappa shape index (κ1) is 20.0. The molecule has 0 aliphatic heterocycles. The molecule has 0 saturated heterocycles. The molecule has 7 nitrogen and oxygen atoms in total. The fraction of sp³-hybridized carbons (Fsp3) is 0.263. The Bertz CT molecular complexity index is 881. The molecule has 1 amide bonds. The molecule has 1 aromatic heterocycles. The van der Waals surface area contributed by atoms with E-state index in [2.05, 4.69) is 20.6 Å². The number of nitrogens with one attached hydrogen (secondary N) is 1. The molecule has 0 spiro atoms. The van der Waals surface area contributed by atoms with Crippen LogP contribution in [0.1, 0.15) is 29.2 Å². The third-order valence-corrected chi connectivity index (χ3v) is 3.82. The maximum atomic E-state index is 13.3. The number of carbonyl (C=O) groups is 1. The first-order chi connectivity index (χ1) is 13.0. The average Bonchev–Trinajstić information content (AvgIpc) is 2.66. The summed E-state index contributed by atoms with van der Waals surface area (Å²) >= 11 is 0. The summed E-state index contributed by atoms with van der Waals surface area (Å²) in [5.41, 5.74) is 3.36. The van der Waals surface area contributed by atoms with Gasteiger partial charge in [0.25, 0.3) is 5.91 Å². The summed E-state index contributed by atoms with van der Waals surface area (Å²) in [6.07, 6.45) is 2.62. The number of halogens is 1. The molecule has 27 heavy (non-hydrogen) atoms. The Morgan fingerprint density at radius 1 is 1.30 bits per heavy atom. The van der Waals surface area contributed by atoms with Gasteiger partial charge in [0.1, 0.15) is 19.5 Å². The zero-order valence-corrected chi connectivity index (χ0v) is 15.6. The summed E-state index contributed by atoms with van der Waals surface area (Å²) in [7, 11) is 2.88. The number of hydrogen-bond donors (Lipinski definition) is 1. The molecule has 1 heterocycles. The highest BCUT2D eigenvalue weighted by atomic mass is 19.1. The van der Waals surface area contributed by atoms with Crippen LogP contribution in [0.2, 0.25) is 0 Å². The van der Waals surface area contributed by atoms with Gasteiger partial charge < -0.3 is 15.0 Å². The maximum absolute atomic E-state index is 13.3. The minimum atomic E-state index is -0.450. The second kappa shape index (κ2) is 9.42. The molecule has 0 saturated carbocycles. The molecule has 0 bridgehead atoms. The van der Waals surface area contributed by atoms with Crippen LogP contribution in [0.5, 0.6) is 0 Å². The van der Waals surface area contributed by atoms with Gasteiger partial charge in [-0.3, -0.25) is 9.78 Å². The minimum absolute atomic E-state index is 0.0990. The summed E-state index contributed by atoms with van der Waals surface area (Å²) < 4.78 is 13.3. The van der Waals surface area contributed by atoms with E-state index >= 15 is 0 Å². The number of hydrogen-bond acceptors (Lipinski definition) is 6. The number of oxime groups is 2. The third-order valence-electron chi connectivity index (χ3n) is 3.82. The van der Waals surface area contributed by atoms with E-state index in [-0.39, 0.29) is 18.2 Å². The fourth-order valence-electron chi connectivity index (χ4n) is 2.39. The number of amides is 1. The van der Waals surface area contributed by atoms with Crippen molar-refractivity contribution in [2.24, 2.45) is 10.3 Å². The van der Waals surface area contributed by atoms with Gasteiger partial charge in [0.2, 0.25) is 0 Å². The van der Waals surface area contributed by atoms with Crippen LogP contribution in [0.3, 0.4) is 0 Å². The van der Waals surface area contributed by atoms with Crippen LogP contribution in [0, 0.1) is 12.7 Å². The van der Waals surface area contributed by atoms with E-state index in [0.29, 0.717) is 16.8 Å². The Kier molecular flexibility index (Phi) is 6.99. The number of aromatic nitrogens is 1. The van der Waals surface area contributed by atoms with Crippen molar-refractivity contribution in [3.63, 3.8) is 0 Å². The molecule has 0 atom stereocenters. The lowest BCUT2D eigenvalue weighted by molar-refractivity contribution is -0.114. The number of carbonyl (C=O) groups excluding carboxylic acids is 1. The van der Waals surface area contributed by atoms with E-state index in [4.69, 9.17) is 9.68 Å². The monoisotopic (exact) mass is 372 g/mol. The molecular formula is C19H21FN4O3. The van der Waals surface area contributed by atoms with Gasteiger partial charge in [-0.2, -0.15) is 0 Å². The van der Waals surface area contributed by atoms with Crippen LogP contribution in [0.25, 0.3) is 0 Å². The number of nitrogens with zero attached hydrogens (tertiary/aromatic N) is 3. The van der Waals surface area contributed by atoms with E-state index in [9.17, 15) is 9.18 Å². The van der Waals surface area contributed by atoms with Crippen molar-refractivity contribution < 1.29 is 18.9 Å². The lowest BCUT2D eigenvalue weighted by Gasteiger charge is -2.13. The topological polar surface area (TPSA) is 85.2 Å². The number of aryl methyl sites for hydroxylation is 1. The van der Waals surface area contributed by atoms with Crippen molar-refractivity contribution in [1.29, 1.82) is 0 Å². The molecule has 1 aromatic carbocycles. The molecule has 2 aromatic rings. The van der Waals surface area contributed by atoms with E-state index in [1.165, 1.54) is 26.4 Å². The summed E-state index contributed by atoms with van der Waals surface area (Å²) in [5, 5.41) is 10.4. The Morgan fingerprint density at radius 3 is 2.74 bits per heavy atom. The second-order valence-electron chi connectivity index (χ2n) is 5.64. The molecular weight excluding hydrogens is 351 g/mol. The highest BCUT2D eigenvalue weighted by Crippen LogP contribution is 2.18. The summed E-state index contributed by atoms with van der Waals surface area (Å²) in [6.45, 7) is 3.68. The van der Waals surface area contributed by atoms with Crippen molar-refractivity contribution >= 4 is 17.3 Å². The zero-order valence-electron chi connectivity index (χ0n) is 15.6. The fourth-order valence-corrected chi connectivity index (χ4v) is 2.39. The molecule has 8 heteroatoms. The Labute approximate surface area is 156 Å². The van der Waals surface area contributed by atoms with Crippen LogP contribution >= 0.6 is 0 Å². The minimum Gasteiger partial charge on any atom is -0.398 e. The second-order valence-corrected chi connectivity index (χ2v) is 5.64. The van der Waals surface area contributed by atoms with E-state index < -0.39 is 5.82 Å². The highest BCUT2D eigenvalue weighted by molar-refractivity contribution is 6.45.